The van der Waals surface area contributed by atoms with Gasteiger partial charge in [0.1, 0.15) is 0 Å². The van der Waals surface area contributed by atoms with Crippen LogP contribution in [0.1, 0.15) is 23.7 Å². The summed E-state index contributed by atoms with van der Waals surface area (Å²) in [5.74, 6) is -14.7. The van der Waals surface area contributed by atoms with E-state index >= 15 is 0 Å². The third kappa shape index (κ3) is 6.39. The van der Waals surface area contributed by atoms with Gasteiger partial charge in [-0.1, -0.05) is 11.3 Å². The van der Waals surface area contributed by atoms with E-state index in [0.717, 1.165) is 17.0 Å². The van der Waals surface area contributed by atoms with Gasteiger partial charge in [-0.05, 0) is 48.9 Å². The Kier molecular flexibility index (Phi) is 8.67. The Hall–Kier alpha value is -4.46. The zero-order valence-corrected chi connectivity index (χ0v) is 21.7. The second kappa shape index (κ2) is 12.2. The minimum Gasteiger partial charge on any atom is -0.466 e. The van der Waals surface area contributed by atoms with E-state index in [2.05, 4.69) is 19.9 Å². The molecule has 0 bridgehead atoms. The van der Waals surface area contributed by atoms with Crippen molar-refractivity contribution >= 4 is 50.0 Å². The molecule has 0 unspecified atom stereocenters. The van der Waals surface area contributed by atoms with Crippen molar-refractivity contribution in [1.82, 2.24) is 4.98 Å². The fourth-order valence-electron chi connectivity index (χ4n) is 3.43. The van der Waals surface area contributed by atoms with Crippen LogP contribution >= 0.6 is 11.3 Å². The van der Waals surface area contributed by atoms with Crippen molar-refractivity contribution in [2.45, 2.75) is 13.3 Å². The predicted molar refractivity (Wildman–Crippen MR) is 136 cm³/mol. The first kappa shape index (κ1) is 28.5. The summed E-state index contributed by atoms with van der Waals surface area (Å²) in [6.45, 7) is 2.37. The van der Waals surface area contributed by atoms with Gasteiger partial charge in [-0.3, -0.25) is 4.79 Å². The minimum atomic E-state index is -2.36. The molecule has 14 heteroatoms. The van der Waals surface area contributed by atoms with Gasteiger partial charge in [0.2, 0.25) is 40.0 Å². The summed E-state index contributed by atoms with van der Waals surface area (Å²) in [6.07, 6.45) is 0.672. The number of hydrogen-bond acceptors (Lipinski definition) is 9. The summed E-state index contributed by atoms with van der Waals surface area (Å²) in [7, 11) is 1.90. The van der Waals surface area contributed by atoms with E-state index < -0.39 is 40.8 Å². The average Bonchev–Trinajstić information content (AvgIpc) is 3.36. The molecule has 3 aromatic carbocycles. The number of rotatable bonds is 9. The Morgan fingerprint density at radius 1 is 0.925 bits per heavy atom. The molecular weight excluding hydrogens is 559 g/mol. The summed E-state index contributed by atoms with van der Waals surface area (Å²) in [5.41, 5.74) is 1.68. The number of azo groups is 1. The van der Waals surface area contributed by atoms with Crippen LogP contribution in [-0.4, -0.2) is 37.1 Å². The molecule has 0 saturated carbocycles. The van der Waals surface area contributed by atoms with Crippen molar-refractivity contribution in [3.8, 4) is 5.75 Å². The average molecular weight is 579 g/mol. The van der Waals surface area contributed by atoms with E-state index in [0.29, 0.717) is 35.5 Å². The van der Waals surface area contributed by atoms with Gasteiger partial charge in [0.15, 0.2) is 0 Å². The number of hydrogen-bond donors (Lipinski definition) is 0. The maximum absolute atomic E-state index is 13.9. The molecule has 0 radical (unpaired) electrons. The number of fused-ring (bicyclic) bond motifs is 1. The molecule has 0 N–H and O–H groups in total. The van der Waals surface area contributed by atoms with Crippen molar-refractivity contribution in [3.63, 3.8) is 0 Å². The van der Waals surface area contributed by atoms with Crippen LogP contribution in [0, 0.1) is 29.1 Å². The molecule has 0 spiro atoms. The molecular formula is C26H19F5N4O4S. The first-order valence-electron chi connectivity index (χ1n) is 11.6. The molecule has 1 aromatic heterocycles. The van der Waals surface area contributed by atoms with Gasteiger partial charge in [0.25, 0.3) is 0 Å². The van der Waals surface area contributed by atoms with Crippen LogP contribution in [-0.2, 0) is 9.53 Å². The summed E-state index contributed by atoms with van der Waals surface area (Å²) in [5, 5.41) is 8.48. The quantitative estimate of drug-likeness (QED) is 0.0403. The Morgan fingerprint density at radius 3 is 2.23 bits per heavy atom. The molecule has 0 fully saturated rings. The Bertz CT molecular complexity index is 1580. The summed E-state index contributed by atoms with van der Waals surface area (Å²) >= 11 is 1.05. The number of anilines is 1. The van der Waals surface area contributed by atoms with Crippen molar-refractivity contribution in [2.24, 2.45) is 10.2 Å². The number of esters is 2. The molecule has 0 aliphatic heterocycles. The lowest BCUT2D eigenvalue weighted by molar-refractivity contribution is -0.140. The van der Waals surface area contributed by atoms with Crippen LogP contribution < -0.4 is 9.64 Å². The van der Waals surface area contributed by atoms with Crippen LogP contribution in [0.15, 0.2) is 52.7 Å². The van der Waals surface area contributed by atoms with Crippen LogP contribution in [0.5, 0.6) is 5.75 Å². The number of nitrogens with zero attached hydrogens (tertiary/aromatic N) is 4. The highest BCUT2D eigenvalue weighted by Gasteiger charge is 2.29. The second-order valence-corrected chi connectivity index (χ2v) is 9.31. The highest BCUT2D eigenvalue weighted by molar-refractivity contribution is 7.21. The molecule has 4 aromatic rings. The zero-order chi connectivity index (χ0) is 29.0. The molecule has 8 nitrogen and oxygen atoms in total. The molecule has 0 amide bonds. The van der Waals surface area contributed by atoms with E-state index in [1.54, 1.807) is 12.1 Å². The van der Waals surface area contributed by atoms with E-state index in [9.17, 15) is 31.5 Å². The lowest BCUT2D eigenvalue weighted by Gasteiger charge is -2.19. The largest absolute Gasteiger partial charge is 0.466 e. The number of thiazole rings is 1. The molecule has 1 heterocycles. The number of ether oxygens (including phenoxy) is 2. The molecule has 0 saturated heterocycles. The summed E-state index contributed by atoms with van der Waals surface area (Å²) < 4.78 is 77.6. The lowest BCUT2D eigenvalue weighted by Crippen LogP contribution is -2.20. The van der Waals surface area contributed by atoms with Gasteiger partial charge in [-0.2, -0.15) is 8.78 Å². The normalized spacial score (nSPS) is 11.3. The lowest BCUT2D eigenvalue weighted by atomic mass is 10.2. The second-order valence-electron chi connectivity index (χ2n) is 8.30. The van der Waals surface area contributed by atoms with Crippen LogP contribution in [0.3, 0.4) is 0 Å². The fourth-order valence-corrected chi connectivity index (χ4v) is 4.26. The predicted octanol–water partition coefficient (Wildman–Crippen LogP) is 7.02. The Balaban J connectivity index is 1.43. The highest BCUT2D eigenvalue weighted by atomic mass is 32.1. The van der Waals surface area contributed by atoms with E-state index in [4.69, 9.17) is 4.74 Å². The molecule has 0 aliphatic carbocycles. The minimum absolute atomic E-state index is 0.212. The standard InChI is InChI=1S/C26H19F5N4O4S/c1-13(36)38-11-3-10-35(2)16-7-5-15(6-8-16)33-34-26-32-17-9-4-14(12-18(17)40-26)25(37)39-24-22(30)20(28)19(27)21(29)23(24)31/h4-9,12H,3,10-11H2,1-2H3/b34-33+. The van der Waals surface area contributed by atoms with Crippen LogP contribution in [0.4, 0.5) is 38.5 Å². The number of carbonyl (C=O) groups is 2. The molecule has 4 rings (SSSR count). The number of carbonyl (C=O) groups excluding carboxylic acids is 2. The Morgan fingerprint density at radius 2 is 1.57 bits per heavy atom. The Labute approximate surface area is 227 Å². The van der Waals surface area contributed by atoms with E-state index in [-0.39, 0.29) is 16.7 Å². The maximum atomic E-state index is 13.9. The van der Waals surface area contributed by atoms with Gasteiger partial charge < -0.3 is 14.4 Å². The van der Waals surface area contributed by atoms with Gasteiger partial charge in [-0.15, -0.1) is 10.2 Å². The number of halogens is 5. The first-order valence-corrected chi connectivity index (χ1v) is 12.4. The zero-order valence-electron chi connectivity index (χ0n) is 20.9. The van der Waals surface area contributed by atoms with Crippen molar-refractivity contribution in [2.75, 3.05) is 25.1 Å². The van der Waals surface area contributed by atoms with Gasteiger partial charge >= 0.3 is 11.9 Å². The number of aromatic nitrogens is 1. The molecule has 0 aliphatic rings. The van der Waals surface area contributed by atoms with Gasteiger partial charge in [0.05, 0.1) is 28.1 Å². The monoisotopic (exact) mass is 578 g/mol. The summed E-state index contributed by atoms with van der Waals surface area (Å²) in [6, 6.07) is 11.1. The maximum Gasteiger partial charge on any atom is 0.343 e. The molecule has 208 valence electrons. The highest BCUT2D eigenvalue weighted by Crippen LogP contribution is 2.32. The summed E-state index contributed by atoms with van der Waals surface area (Å²) in [4.78, 5) is 29.5. The van der Waals surface area contributed by atoms with Crippen molar-refractivity contribution < 1.29 is 41.0 Å². The topological polar surface area (TPSA) is 93.5 Å². The third-order valence-electron chi connectivity index (χ3n) is 5.46. The SMILES string of the molecule is CC(=O)OCCCN(C)c1ccc(/N=N/c2nc3ccc(C(=O)Oc4c(F)c(F)c(F)c(F)c4F)cc3s2)cc1. The van der Waals surface area contributed by atoms with E-state index in [1.807, 2.05) is 24.1 Å². The third-order valence-corrected chi connectivity index (χ3v) is 6.36. The fraction of sp³-hybridized carbons (Fsp3) is 0.192. The van der Waals surface area contributed by atoms with Gasteiger partial charge in [0, 0.05) is 26.2 Å². The smallest absolute Gasteiger partial charge is 0.343 e. The number of benzene rings is 3. The first-order chi connectivity index (χ1) is 19.0. The van der Waals surface area contributed by atoms with Gasteiger partial charge in [-0.25, -0.2) is 22.9 Å². The molecule has 0 atom stereocenters. The van der Waals surface area contributed by atoms with Crippen molar-refractivity contribution in [3.05, 3.63) is 77.1 Å². The van der Waals surface area contributed by atoms with Crippen LogP contribution in [0.25, 0.3) is 10.2 Å². The van der Waals surface area contributed by atoms with Crippen molar-refractivity contribution in [1.29, 1.82) is 0 Å². The van der Waals surface area contributed by atoms with Crippen LogP contribution in [0.2, 0.25) is 0 Å². The molecule has 40 heavy (non-hydrogen) atoms. The van der Waals surface area contributed by atoms with E-state index in [1.165, 1.54) is 25.1 Å².